The van der Waals surface area contributed by atoms with Crippen LogP contribution in [-0.2, 0) is 26.2 Å². The number of hydrogen-bond donors (Lipinski definition) is 1. The van der Waals surface area contributed by atoms with Crippen molar-refractivity contribution >= 4 is 62.3 Å². The number of carbonyl (C=O) groups excluding carboxylic acids is 2. The van der Waals surface area contributed by atoms with Gasteiger partial charge < -0.3 is 10.2 Å². The first-order chi connectivity index (χ1) is 19.6. The van der Waals surface area contributed by atoms with Gasteiger partial charge in [-0.2, -0.15) is 0 Å². The molecule has 3 aromatic carbocycles. The van der Waals surface area contributed by atoms with Crippen LogP contribution < -0.4 is 9.62 Å². The average Bonchev–Trinajstić information content (AvgIpc) is 3.46. The summed E-state index contributed by atoms with van der Waals surface area (Å²) in [4.78, 5) is 29.0. The van der Waals surface area contributed by atoms with Gasteiger partial charge in [0.25, 0.3) is 10.0 Å². The zero-order valence-corrected chi connectivity index (χ0v) is 25.7. The van der Waals surface area contributed by atoms with Crippen LogP contribution in [0.15, 0.2) is 77.7 Å². The molecular weight excluding hydrogens is 605 g/mol. The van der Waals surface area contributed by atoms with E-state index in [1.807, 2.05) is 6.92 Å². The quantitative estimate of drug-likeness (QED) is 0.254. The first-order valence-electron chi connectivity index (χ1n) is 13.5. The zero-order valence-electron chi connectivity index (χ0n) is 22.6. The minimum atomic E-state index is -4.19. The zero-order chi connectivity index (χ0) is 29.6. The highest BCUT2D eigenvalue weighted by Crippen LogP contribution is 2.29. The molecule has 0 saturated heterocycles. The summed E-state index contributed by atoms with van der Waals surface area (Å²) in [5.41, 5.74) is 0.776. The Morgan fingerprint density at radius 2 is 1.51 bits per heavy atom. The fourth-order valence-electron chi connectivity index (χ4n) is 5.00. The summed E-state index contributed by atoms with van der Waals surface area (Å²) in [5, 5.41) is 4.15. The Balaban J connectivity index is 1.72. The highest BCUT2D eigenvalue weighted by molar-refractivity contribution is 7.92. The summed E-state index contributed by atoms with van der Waals surface area (Å²) in [7, 11) is -4.19. The maximum absolute atomic E-state index is 14.2. The van der Waals surface area contributed by atoms with Gasteiger partial charge in [-0.3, -0.25) is 13.9 Å². The maximum atomic E-state index is 14.2. The van der Waals surface area contributed by atoms with Gasteiger partial charge in [-0.25, -0.2) is 8.42 Å². The third-order valence-corrected chi connectivity index (χ3v) is 9.95. The summed E-state index contributed by atoms with van der Waals surface area (Å²) in [6.45, 7) is 1.19. The van der Waals surface area contributed by atoms with E-state index < -0.39 is 28.5 Å². The summed E-state index contributed by atoms with van der Waals surface area (Å²) in [6.07, 6.45) is 4.14. The number of nitrogens with one attached hydrogen (secondary N) is 1. The molecule has 11 heteroatoms. The SMILES string of the molecule is CC[C@@H](C(=O)NC1CCCC1)N(Cc1c(Cl)cccc1Cl)C(=O)CN(c1ccccc1)S(=O)(=O)c1ccc(Cl)cc1. The largest absolute Gasteiger partial charge is 0.352 e. The van der Waals surface area contributed by atoms with Crippen LogP contribution in [0.1, 0.15) is 44.6 Å². The van der Waals surface area contributed by atoms with Crippen molar-refractivity contribution in [2.24, 2.45) is 0 Å². The summed E-state index contributed by atoms with van der Waals surface area (Å²) >= 11 is 18.9. The number of benzene rings is 3. The lowest BCUT2D eigenvalue weighted by Gasteiger charge is -2.34. The Morgan fingerprint density at radius 3 is 2.10 bits per heavy atom. The molecule has 7 nitrogen and oxygen atoms in total. The van der Waals surface area contributed by atoms with Gasteiger partial charge in [-0.05, 0) is 67.8 Å². The van der Waals surface area contributed by atoms with Crippen LogP contribution in [0.25, 0.3) is 0 Å². The molecule has 0 spiro atoms. The van der Waals surface area contributed by atoms with Gasteiger partial charge in [0, 0.05) is 33.2 Å². The molecule has 218 valence electrons. The molecular formula is C30H32Cl3N3O4S. The van der Waals surface area contributed by atoms with Crippen LogP contribution in [-0.4, -0.2) is 43.8 Å². The molecule has 0 aliphatic heterocycles. The highest BCUT2D eigenvalue weighted by Gasteiger charge is 2.35. The second-order valence-corrected chi connectivity index (χ2v) is 13.1. The molecule has 1 atom stereocenters. The molecule has 0 bridgehead atoms. The van der Waals surface area contributed by atoms with Crippen molar-refractivity contribution in [2.45, 2.75) is 62.6 Å². The molecule has 1 saturated carbocycles. The van der Waals surface area contributed by atoms with Crippen molar-refractivity contribution in [1.82, 2.24) is 10.2 Å². The topological polar surface area (TPSA) is 86.8 Å². The molecule has 4 rings (SSSR count). The second-order valence-electron chi connectivity index (χ2n) is 9.94. The Morgan fingerprint density at radius 1 is 0.902 bits per heavy atom. The van der Waals surface area contributed by atoms with Gasteiger partial charge >= 0.3 is 0 Å². The predicted molar refractivity (Wildman–Crippen MR) is 164 cm³/mol. The molecule has 0 radical (unpaired) electrons. The second kappa shape index (κ2) is 13.9. The fraction of sp³-hybridized carbons (Fsp3) is 0.333. The van der Waals surface area contributed by atoms with E-state index in [-0.39, 0.29) is 23.4 Å². The van der Waals surface area contributed by atoms with Crippen LogP contribution in [0.5, 0.6) is 0 Å². The van der Waals surface area contributed by atoms with Crippen molar-refractivity contribution in [3.05, 3.63) is 93.4 Å². The van der Waals surface area contributed by atoms with Crippen LogP contribution in [0, 0.1) is 0 Å². The van der Waals surface area contributed by atoms with Crippen LogP contribution in [0.2, 0.25) is 15.1 Å². The molecule has 1 aliphatic rings. The van der Waals surface area contributed by atoms with Gasteiger partial charge in [-0.15, -0.1) is 0 Å². The number of rotatable bonds is 11. The summed E-state index contributed by atoms with van der Waals surface area (Å²) in [6, 6.07) is 18.3. The van der Waals surface area contributed by atoms with E-state index >= 15 is 0 Å². The molecule has 2 amide bonds. The Bertz CT molecular complexity index is 1440. The van der Waals surface area contributed by atoms with Crippen molar-refractivity contribution in [3.63, 3.8) is 0 Å². The minimum absolute atomic E-state index is 0.0229. The van der Waals surface area contributed by atoms with Crippen LogP contribution >= 0.6 is 34.8 Å². The third kappa shape index (κ3) is 7.55. The molecule has 1 fully saturated rings. The molecule has 1 N–H and O–H groups in total. The van der Waals surface area contributed by atoms with E-state index in [9.17, 15) is 18.0 Å². The Labute approximate surface area is 256 Å². The lowest BCUT2D eigenvalue weighted by Crippen LogP contribution is -2.53. The number of hydrogen-bond acceptors (Lipinski definition) is 4. The lowest BCUT2D eigenvalue weighted by molar-refractivity contribution is -0.140. The highest BCUT2D eigenvalue weighted by atomic mass is 35.5. The van der Waals surface area contributed by atoms with Gasteiger partial charge in [-0.1, -0.05) is 78.8 Å². The molecule has 3 aromatic rings. The van der Waals surface area contributed by atoms with Crippen molar-refractivity contribution in [2.75, 3.05) is 10.8 Å². The van der Waals surface area contributed by atoms with E-state index in [1.165, 1.54) is 29.2 Å². The number of nitrogens with zero attached hydrogens (tertiary/aromatic N) is 2. The Kier molecular flexibility index (Phi) is 10.6. The first kappa shape index (κ1) is 31.2. The first-order valence-corrected chi connectivity index (χ1v) is 16.0. The minimum Gasteiger partial charge on any atom is -0.352 e. The van der Waals surface area contributed by atoms with Gasteiger partial charge in [0.05, 0.1) is 10.6 Å². The number of amides is 2. The van der Waals surface area contributed by atoms with E-state index in [0.29, 0.717) is 32.7 Å². The van der Waals surface area contributed by atoms with Gasteiger partial charge in [0.2, 0.25) is 11.8 Å². The standard InChI is InChI=1S/C30H32Cl3N3O4S/c1-2-28(30(38)34-22-9-6-7-10-22)35(19-25-26(32)13-8-14-27(25)33)29(37)20-36(23-11-4-3-5-12-23)41(39,40)24-17-15-21(31)16-18-24/h3-5,8,11-18,22,28H,2,6-7,9-10,19-20H2,1H3,(H,34,38)/t28-/m0/s1. The monoisotopic (exact) mass is 635 g/mol. The molecule has 0 unspecified atom stereocenters. The van der Waals surface area contributed by atoms with Crippen LogP contribution in [0.3, 0.4) is 0 Å². The van der Waals surface area contributed by atoms with Crippen molar-refractivity contribution in [3.8, 4) is 0 Å². The summed E-state index contributed by atoms with van der Waals surface area (Å²) in [5.74, 6) is -0.862. The molecule has 0 aromatic heterocycles. The third-order valence-electron chi connectivity index (χ3n) is 7.20. The normalized spacial score (nSPS) is 14.4. The van der Waals surface area contributed by atoms with Crippen molar-refractivity contribution in [1.29, 1.82) is 0 Å². The maximum Gasteiger partial charge on any atom is 0.264 e. The number of carbonyl (C=O) groups is 2. The molecule has 1 aliphatic carbocycles. The molecule has 41 heavy (non-hydrogen) atoms. The number of anilines is 1. The van der Waals surface area contributed by atoms with E-state index in [0.717, 1.165) is 30.0 Å². The van der Waals surface area contributed by atoms with Gasteiger partial charge in [0.15, 0.2) is 0 Å². The van der Waals surface area contributed by atoms with Crippen LogP contribution in [0.4, 0.5) is 5.69 Å². The van der Waals surface area contributed by atoms with E-state index in [4.69, 9.17) is 34.8 Å². The number of halogens is 3. The number of sulfonamides is 1. The van der Waals surface area contributed by atoms with Gasteiger partial charge in [0.1, 0.15) is 12.6 Å². The smallest absolute Gasteiger partial charge is 0.264 e. The van der Waals surface area contributed by atoms with Crippen molar-refractivity contribution < 1.29 is 18.0 Å². The lowest BCUT2D eigenvalue weighted by atomic mass is 10.1. The van der Waals surface area contributed by atoms with E-state index in [1.54, 1.807) is 48.5 Å². The fourth-order valence-corrected chi connectivity index (χ4v) is 7.05. The summed E-state index contributed by atoms with van der Waals surface area (Å²) < 4.78 is 28.8. The average molecular weight is 637 g/mol. The van der Waals surface area contributed by atoms with E-state index in [2.05, 4.69) is 5.32 Å². The molecule has 0 heterocycles. The predicted octanol–water partition coefficient (Wildman–Crippen LogP) is 6.71. The Hall–Kier alpha value is -2.78. The number of para-hydroxylation sites is 1.